The van der Waals surface area contributed by atoms with Gasteiger partial charge in [-0.15, -0.1) is 10.2 Å². The molecule has 2 aliphatic rings. The van der Waals surface area contributed by atoms with E-state index in [-0.39, 0.29) is 12.5 Å². The van der Waals surface area contributed by atoms with Crippen molar-refractivity contribution in [2.24, 2.45) is 0 Å². The number of ether oxygens (including phenoxy) is 1. The SMILES string of the molecule is CCOCC(=O)N1CCC(c2nnc(C3CC3)o2)CC1. The Morgan fingerprint density at radius 3 is 2.35 bits per heavy atom. The highest BCUT2D eigenvalue weighted by Crippen LogP contribution is 2.40. The maximum absolute atomic E-state index is 11.9. The summed E-state index contributed by atoms with van der Waals surface area (Å²) < 4.78 is 10.9. The van der Waals surface area contributed by atoms with Gasteiger partial charge in [0.1, 0.15) is 6.61 Å². The summed E-state index contributed by atoms with van der Waals surface area (Å²) in [5.41, 5.74) is 0. The van der Waals surface area contributed by atoms with Crippen molar-refractivity contribution in [2.45, 2.75) is 44.4 Å². The summed E-state index contributed by atoms with van der Waals surface area (Å²) in [6.07, 6.45) is 4.13. The number of aromatic nitrogens is 2. The number of amides is 1. The largest absolute Gasteiger partial charge is 0.425 e. The maximum atomic E-state index is 11.9. The summed E-state index contributed by atoms with van der Waals surface area (Å²) in [7, 11) is 0. The van der Waals surface area contributed by atoms with Gasteiger partial charge in [-0.3, -0.25) is 4.79 Å². The van der Waals surface area contributed by atoms with E-state index in [0.717, 1.165) is 37.7 Å². The second-order valence-corrected chi connectivity index (χ2v) is 5.55. The average Bonchev–Trinajstić information content (AvgIpc) is 3.22. The molecule has 2 heterocycles. The minimum absolute atomic E-state index is 0.0782. The van der Waals surface area contributed by atoms with E-state index in [1.54, 1.807) is 0 Å². The molecule has 0 N–H and O–H groups in total. The van der Waals surface area contributed by atoms with Crippen LogP contribution in [0.5, 0.6) is 0 Å². The van der Waals surface area contributed by atoms with Crippen molar-refractivity contribution in [1.82, 2.24) is 15.1 Å². The zero-order chi connectivity index (χ0) is 13.9. The Balaban J connectivity index is 1.51. The van der Waals surface area contributed by atoms with Crippen molar-refractivity contribution in [3.63, 3.8) is 0 Å². The van der Waals surface area contributed by atoms with Crippen LogP contribution in [0.25, 0.3) is 0 Å². The van der Waals surface area contributed by atoms with Gasteiger partial charge in [0.25, 0.3) is 0 Å². The predicted octanol–water partition coefficient (Wildman–Crippen LogP) is 1.69. The fourth-order valence-corrected chi connectivity index (χ4v) is 2.56. The van der Waals surface area contributed by atoms with E-state index in [1.165, 1.54) is 12.8 Å². The first-order chi connectivity index (χ1) is 9.78. The Labute approximate surface area is 118 Å². The lowest BCUT2D eigenvalue weighted by Gasteiger charge is -2.30. The number of carbonyl (C=O) groups is 1. The molecule has 0 radical (unpaired) electrons. The number of nitrogens with zero attached hydrogens (tertiary/aromatic N) is 3. The number of rotatable bonds is 5. The molecule has 1 saturated carbocycles. The van der Waals surface area contributed by atoms with Crippen LogP contribution in [0.1, 0.15) is 56.2 Å². The third-order valence-corrected chi connectivity index (χ3v) is 4.01. The van der Waals surface area contributed by atoms with E-state index in [1.807, 2.05) is 11.8 Å². The first kappa shape index (κ1) is 13.5. The molecule has 1 aliphatic heterocycles. The smallest absolute Gasteiger partial charge is 0.248 e. The number of likely N-dealkylation sites (tertiary alicyclic amines) is 1. The molecule has 110 valence electrons. The molecule has 0 aromatic carbocycles. The van der Waals surface area contributed by atoms with Crippen molar-refractivity contribution in [1.29, 1.82) is 0 Å². The number of hydrogen-bond acceptors (Lipinski definition) is 5. The first-order valence-corrected chi connectivity index (χ1v) is 7.46. The van der Waals surface area contributed by atoms with Crippen LogP contribution in [-0.4, -0.2) is 47.3 Å². The Bertz CT molecular complexity index is 462. The van der Waals surface area contributed by atoms with Gasteiger partial charge in [-0.25, -0.2) is 0 Å². The summed E-state index contributed by atoms with van der Waals surface area (Å²) in [6, 6.07) is 0. The third kappa shape index (κ3) is 3.00. The minimum atomic E-state index is 0.0782. The second-order valence-electron chi connectivity index (χ2n) is 5.55. The van der Waals surface area contributed by atoms with Crippen molar-refractivity contribution >= 4 is 5.91 Å². The molecule has 1 aromatic rings. The van der Waals surface area contributed by atoms with Crippen LogP contribution < -0.4 is 0 Å². The Kier molecular flexibility index (Phi) is 4.00. The molecule has 0 unspecified atom stereocenters. The molecule has 0 atom stereocenters. The number of piperidine rings is 1. The summed E-state index contributed by atoms with van der Waals surface area (Å²) in [6.45, 7) is 4.16. The van der Waals surface area contributed by atoms with E-state index in [4.69, 9.17) is 9.15 Å². The molecule has 20 heavy (non-hydrogen) atoms. The van der Waals surface area contributed by atoms with Crippen LogP contribution in [0, 0.1) is 0 Å². The first-order valence-electron chi connectivity index (χ1n) is 7.46. The molecule has 1 amide bonds. The van der Waals surface area contributed by atoms with Crippen LogP contribution in [0.15, 0.2) is 4.42 Å². The molecule has 6 heteroatoms. The van der Waals surface area contributed by atoms with Crippen LogP contribution in [0.4, 0.5) is 0 Å². The minimum Gasteiger partial charge on any atom is -0.425 e. The van der Waals surface area contributed by atoms with Gasteiger partial charge >= 0.3 is 0 Å². The highest BCUT2D eigenvalue weighted by atomic mass is 16.5. The van der Waals surface area contributed by atoms with Gasteiger partial charge in [0.15, 0.2) is 0 Å². The van der Waals surface area contributed by atoms with Gasteiger partial charge in [-0.05, 0) is 32.6 Å². The normalized spacial score (nSPS) is 20.4. The lowest BCUT2D eigenvalue weighted by molar-refractivity contribution is -0.137. The molecule has 1 aliphatic carbocycles. The van der Waals surface area contributed by atoms with Crippen LogP contribution >= 0.6 is 0 Å². The standard InChI is InChI=1S/C14H21N3O3/c1-2-19-9-12(18)17-7-5-11(6-8-17)14-16-15-13(20-14)10-3-4-10/h10-11H,2-9H2,1H3. The molecule has 1 aromatic heterocycles. The zero-order valence-electron chi connectivity index (χ0n) is 11.9. The average molecular weight is 279 g/mol. The summed E-state index contributed by atoms with van der Waals surface area (Å²) >= 11 is 0. The summed E-state index contributed by atoms with van der Waals surface area (Å²) in [4.78, 5) is 13.7. The van der Waals surface area contributed by atoms with Crippen molar-refractivity contribution < 1.29 is 13.9 Å². The van der Waals surface area contributed by atoms with Gasteiger partial charge in [-0.2, -0.15) is 0 Å². The lowest BCUT2D eigenvalue weighted by atomic mass is 9.97. The highest BCUT2D eigenvalue weighted by molar-refractivity contribution is 5.77. The van der Waals surface area contributed by atoms with Crippen LogP contribution in [0.3, 0.4) is 0 Å². The fourth-order valence-electron chi connectivity index (χ4n) is 2.56. The number of hydrogen-bond donors (Lipinski definition) is 0. The molecule has 3 rings (SSSR count). The van der Waals surface area contributed by atoms with Crippen LogP contribution in [-0.2, 0) is 9.53 Å². The molecule has 6 nitrogen and oxygen atoms in total. The molecular formula is C14H21N3O3. The highest BCUT2D eigenvalue weighted by Gasteiger charge is 2.32. The number of carbonyl (C=O) groups excluding carboxylic acids is 1. The lowest BCUT2D eigenvalue weighted by Crippen LogP contribution is -2.40. The van der Waals surface area contributed by atoms with Gasteiger partial charge in [0.05, 0.1) is 0 Å². The Morgan fingerprint density at radius 2 is 1.80 bits per heavy atom. The summed E-state index contributed by atoms with van der Waals surface area (Å²) in [5, 5.41) is 8.31. The van der Waals surface area contributed by atoms with E-state index in [2.05, 4.69) is 10.2 Å². The Morgan fingerprint density at radius 1 is 1.20 bits per heavy atom. The van der Waals surface area contributed by atoms with E-state index in [0.29, 0.717) is 18.4 Å². The Hall–Kier alpha value is -1.43. The predicted molar refractivity (Wildman–Crippen MR) is 71.3 cm³/mol. The van der Waals surface area contributed by atoms with Gasteiger partial charge < -0.3 is 14.1 Å². The van der Waals surface area contributed by atoms with Gasteiger partial charge in [-0.1, -0.05) is 0 Å². The van der Waals surface area contributed by atoms with Crippen LogP contribution in [0.2, 0.25) is 0 Å². The van der Waals surface area contributed by atoms with Gasteiger partial charge in [0, 0.05) is 31.5 Å². The summed E-state index contributed by atoms with van der Waals surface area (Å²) in [5.74, 6) is 2.43. The van der Waals surface area contributed by atoms with Crippen molar-refractivity contribution in [2.75, 3.05) is 26.3 Å². The monoisotopic (exact) mass is 279 g/mol. The quantitative estimate of drug-likeness (QED) is 0.820. The van der Waals surface area contributed by atoms with Crippen molar-refractivity contribution in [3.8, 4) is 0 Å². The van der Waals surface area contributed by atoms with Gasteiger partial charge in [0.2, 0.25) is 17.7 Å². The molecular weight excluding hydrogens is 258 g/mol. The fraction of sp³-hybridized carbons (Fsp3) is 0.786. The molecule has 0 bridgehead atoms. The van der Waals surface area contributed by atoms with Crippen molar-refractivity contribution in [3.05, 3.63) is 11.8 Å². The van der Waals surface area contributed by atoms with E-state index in [9.17, 15) is 4.79 Å². The second kappa shape index (κ2) is 5.91. The molecule has 1 saturated heterocycles. The molecule has 2 fully saturated rings. The zero-order valence-corrected chi connectivity index (χ0v) is 11.9. The van der Waals surface area contributed by atoms with E-state index >= 15 is 0 Å². The topological polar surface area (TPSA) is 68.5 Å². The van der Waals surface area contributed by atoms with E-state index < -0.39 is 0 Å². The maximum Gasteiger partial charge on any atom is 0.248 e. The molecule has 0 spiro atoms. The third-order valence-electron chi connectivity index (χ3n) is 4.01.